The Morgan fingerprint density at radius 1 is 1.00 bits per heavy atom. The fraction of sp³-hybridized carbons (Fsp3) is 0.200. The fourth-order valence-corrected chi connectivity index (χ4v) is 5.13. The molecule has 1 fully saturated rings. The lowest BCUT2D eigenvalue weighted by Gasteiger charge is -2.19. The molecule has 3 N–H and O–H groups in total. The number of anilines is 4. The first-order valence-electron chi connectivity index (χ1n) is 10.8. The molecule has 6 nitrogen and oxygen atoms in total. The molecule has 1 saturated heterocycles. The molecule has 0 atom stereocenters. The van der Waals surface area contributed by atoms with Gasteiger partial charge in [-0.15, -0.1) is 0 Å². The van der Waals surface area contributed by atoms with E-state index in [0.717, 1.165) is 29.9 Å². The van der Waals surface area contributed by atoms with Gasteiger partial charge in [-0.1, -0.05) is 41.4 Å². The molecule has 34 heavy (non-hydrogen) atoms. The summed E-state index contributed by atoms with van der Waals surface area (Å²) in [6.07, 6.45) is 2.69. The topological polar surface area (TPSA) is 73.5 Å². The van der Waals surface area contributed by atoms with Crippen LogP contribution in [0.15, 0.2) is 59.5 Å². The Morgan fingerprint density at radius 3 is 2.50 bits per heavy atom. The number of carbonyl (C=O) groups excluding carboxylic acids is 2. The molecule has 3 aromatic carbocycles. The number of halogens is 2. The summed E-state index contributed by atoms with van der Waals surface area (Å²) in [5, 5.41) is 6.63. The predicted molar refractivity (Wildman–Crippen MR) is 144 cm³/mol. The van der Waals surface area contributed by atoms with E-state index >= 15 is 0 Å². The average molecular weight is 515 g/mol. The first-order chi connectivity index (χ1) is 16.5. The number of aldehydes is 1. The Bertz CT molecular complexity index is 1220. The summed E-state index contributed by atoms with van der Waals surface area (Å²) in [5.41, 5.74) is 5.14. The molecule has 0 spiro atoms. The SMILES string of the molecule is CNc1cc(Cl)c(SNc2ccc(-c3cccc(N4CCCC4)c3)c(Cl)c2)cc1NC(=O)C=O. The molecular weight excluding hydrogens is 491 g/mol. The lowest BCUT2D eigenvalue weighted by Crippen LogP contribution is -2.17. The van der Waals surface area contributed by atoms with Gasteiger partial charge in [0.1, 0.15) is 0 Å². The van der Waals surface area contributed by atoms with E-state index in [1.807, 2.05) is 18.2 Å². The summed E-state index contributed by atoms with van der Waals surface area (Å²) >= 11 is 14.3. The Hall–Kier alpha value is -2.87. The van der Waals surface area contributed by atoms with Gasteiger partial charge in [-0.3, -0.25) is 9.59 Å². The van der Waals surface area contributed by atoms with Crippen LogP contribution in [0, 0.1) is 0 Å². The van der Waals surface area contributed by atoms with E-state index < -0.39 is 5.91 Å². The van der Waals surface area contributed by atoms with Crippen LogP contribution in [0.1, 0.15) is 12.8 Å². The second-order valence-electron chi connectivity index (χ2n) is 7.83. The second-order valence-corrected chi connectivity index (χ2v) is 9.49. The first-order valence-corrected chi connectivity index (χ1v) is 12.4. The number of nitrogens with one attached hydrogen (secondary N) is 3. The quantitative estimate of drug-likeness (QED) is 0.179. The van der Waals surface area contributed by atoms with Crippen molar-refractivity contribution in [1.82, 2.24) is 0 Å². The number of nitrogens with zero attached hydrogens (tertiary/aromatic N) is 1. The van der Waals surface area contributed by atoms with Gasteiger partial charge >= 0.3 is 0 Å². The van der Waals surface area contributed by atoms with Gasteiger partial charge in [0, 0.05) is 42.0 Å². The molecule has 1 aliphatic heterocycles. The van der Waals surface area contributed by atoms with Crippen LogP contribution in [0.25, 0.3) is 11.1 Å². The molecular formula is C25H24Cl2N4O2S. The van der Waals surface area contributed by atoms with Gasteiger partial charge in [-0.25, -0.2) is 0 Å². The first kappa shape index (κ1) is 24.3. The molecule has 0 bridgehead atoms. The van der Waals surface area contributed by atoms with Crippen molar-refractivity contribution in [3.05, 3.63) is 64.6 Å². The Kier molecular flexibility index (Phi) is 7.88. The molecule has 176 valence electrons. The van der Waals surface area contributed by atoms with Crippen LogP contribution in [-0.4, -0.2) is 32.3 Å². The highest BCUT2D eigenvalue weighted by molar-refractivity contribution is 8.00. The Labute approximate surface area is 213 Å². The number of carbonyl (C=O) groups is 2. The molecule has 4 rings (SSSR count). The fourth-order valence-electron chi connectivity index (χ4n) is 3.88. The number of hydrogen-bond acceptors (Lipinski definition) is 6. The highest BCUT2D eigenvalue weighted by Crippen LogP contribution is 2.37. The minimum Gasteiger partial charge on any atom is -0.386 e. The third-order valence-corrected chi connectivity index (χ3v) is 7.22. The number of hydrogen-bond donors (Lipinski definition) is 3. The predicted octanol–water partition coefficient (Wildman–Crippen LogP) is 6.56. The largest absolute Gasteiger partial charge is 0.386 e. The maximum absolute atomic E-state index is 11.5. The standard InChI is InChI=1S/C25H24Cl2N4O2S/c1-28-22-13-21(27)24(14-23(22)29-25(33)15-32)34-30-17-7-8-19(20(26)12-17)16-5-4-6-18(11-16)31-9-2-3-10-31/h4-8,11-15,28,30H,2-3,9-10H2,1H3,(H,29,33). The summed E-state index contributed by atoms with van der Waals surface area (Å²) in [7, 11) is 1.71. The van der Waals surface area contributed by atoms with Crippen LogP contribution in [0.5, 0.6) is 0 Å². The number of rotatable bonds is 8. The van der Waals surface area contributed by atoms with E-state index in [-0.39, 0.29) is 6.29 Å². The van der Waals surface area contributed by atoms with Crippen molar-refractivity contribution in [1.29, 1.82) is 0 Å². The van der Waals surface area contributed by atoms with Crippen LogP contribution < -0.4 is 20.3 Å². The van der Waals surface area contributed by atoms with E-state index in [2.05, 4.69) is 44.5 Å². The van der Waals surface area contributed by atoms with E-state index in [1.54, 1.807) is 19.2 Å². The van der Waals surface area contributed by atoms with Gasteiger partial charge in [0.25, 0.3) is 5.91 Å². The Balaban J connectivity index is 1.50. The van der Waals surface area contributed by atoms with Gasteiger partial charge in [0.05, 0.1) is 21.4 Å². The van der Waals surface area contributed by atoms with Crippen molar-refractivity contribution in [2.24, 2.45) is 0 Å². The van der Waals surface area contributed by atoms with E-state index in [1.165, 1.54) is 30.5 Å². The van der Waals surface area contributed by atoms with Crippen LogP contribution in [0.3, 0.4) is 0 Å². The smallest absolute Gasteiger partial charge is 0.288 e. The summed E-state index contributed by atoms with van der Waals surface area (Å²) < 4.78 is 3.25. The summed E-state index contributed by atoms with van der Waals surface area (Å²) in [6, 6.07) is 17.7. The van der Waals surface area contributed by atoms with Gasteiger partial charge in [-0.2, -0.15) is 0 Å². The summed E-state index contributed by atoms with van der Waals surface area (Å²) in [6.45, 7) is 2.19. The van der Waals surface area contributed by atoms with Crippen LogP contribution in [0.4, 0.5) is 22.7 Å². The zero-order valence-electron chi connectivity index (χ0n) is 18.5. The maximum Gasteiger partial charge on any atom is 0.288 e. The zero-order chi connectivity index (χ0) is 24.1. The molecule has 0 aliphatic carbocycles. The van der Waals surface area contributed by atoms with Crippen molar-refractivity contribution < 1.29 is 9.59 Å². The van der Waals surface area contributed by atoms with Gasteiger partial charge in [-0.05, 0) is 66.8 Å². The van der Waals surface area contributed by atoms with Crippen molar-refractivity contribution in [2.75, 3.05) is 40.4 Å². The lowest BCUT2D eigenvalue weighted by molar-refractivity contribution is -0.127. The van der Waals surface area contributed by atoms with Gasteiger partial charge in [0.15, 0.2) is 0 Å². The number of benzene rings is 3. The third kappa shape index (κ3) is 5.60. The summed E-state index contributed by atoms with van der Waals surface area (Å²) in [5.74, 6) is -0.737. The minimum atomic E-state index is -0.737. The van der Waals surface area contributed by atoms with Gasteiger partial charge in [0.2, 0.25) is 6.29 Å². The second kappa shape index (κ2) is 11.0. The minimum absolute atomic E-state index is 0.226. The van der Waals surface area contributed by atoms with Crippen molar-refractivity contribution in [3.63, 3.8) is 0 Å². The molecule has 0 aromatic heterocycles. The monoisotopic (exact) mass is 514 g/mol. The van der Waals surface area contributed by atoms with E-state index in [4.69, 9.17) is 23.2 Å². The normalized spacial score (nSPS) is 13.0. The third-order valence-electron chi connectivity index (χ3n) is 5.58. The lowest BCUT2D eigenvalue weighted by atomic mass is 10.0. The summed E-state index contributed by atoms with van der Waals surface area (Å²) in [4.78, 5) is 25.3. The maximum atomic E-state index is 11.5. The molecule has 1 heterocycles. The highest BCUT2D eigenvalue weighted by atomic mass is 35.5. The molecule has 0 radical (unpaired) electrons. The molecule has 1 amide bonds. The Morgan fingerprint density at radius 2 is 1.79 bits per heavy atom. The highest BCUT2D eigenvalue weighted by Gasteiger charge is 2.14. The van der Waals surface area contributed by atoms with Crippen LogP contribution >= 0.6 is 35.1 Å². The van der Waals surface area contributed by atoms with E-state index in [9.17, 15) is 9.59 Å². The van der Waals surface area contributed by atoms with Crippen molar-refractivity contribution >= 4 is 70.1 Å². The van der Waals surface area contributed by atoms with Crippen molar-refractivity contribution in [3.8, 4) is 11.1 Å². The molecule has 1 aliphatic rings. The number of amides is 1. The van der Waals surface area contributed by atoms with E-state index in [0.29, 0.717) is 26.3 Å². The molecule has 0 saturated carbocycles. The molecule has 0 unspecified atom stereocenters. The molecule has 9 heteroatoms. The zero-order valence-corrected chi connectivity index (χ0v) is 20.9. The van der Waals surface area contributed by atoms with Gasteiger partial charge < -0.3 is 20.3 Å². The van der Waals surface area contributed by atoms with Crippen LogP contribution in [0.2, 0.25) is 10.0 Å². The van der Waals surface area contributed by atoms with Crippen molar-refractivity contribution in [2.45, 2.75) is 17.7 Å². The molecule has 3 aromatic rings. The van der Waals surface area contributed by atoms with Crippen LogP contribution in [-0.2, 0) is 9.59 Å². The average Bonchev–Trinajstić information content (AvgIpc) is 3.39.